The minimum atomic E-state index is -0.214. The second-order valence-corrected chi connectivity index (χ2v) is 7.33. The molecule has 1 amide bonds. The van der Waals surface area contributed by atoms with E-state index in [9.17, 15) is 4.79 Å². The lowest BCUT2D eigenvalue weighted by Crippen LogP contribution is -2.09. The number of fused-ring (bicyclic) bond motifs is 1. The molecule has 0 atom stereocenters. The number of rotatable bonds is 4. The Kier molecular flexibility index (Phi) is 5.19. The number of aromatic nitrogens is 1. The number of hydrogen-bond donors (Lipinski definition) is 1. The zero-order valence-corrected chi connectivity index (χ0v) is 16.8. The molecule has 0 aliphatic rings. The van der Waals surface area contributed by atoms with Crippen LogP contribution in [-0.4, -0.2) is 10.9 Å². The fourth-order valence-corrected chi connectivity index (χ4v) is 3.10. The molecule has 0 unspecified atom stereocenters. The Morgan fingerprint density at radius 2 is 1.83 bits per heavy atom. The van der Waals surface area contributed by atoms with Crippen molar-refractivity contribution in [3.63, 3.8) is 0 Å². The summed E-state index contributed by atoms with van der Waals surface area (Å²) in [6.45, 7) is 3.96. The van der Waals surface area contributed by atoms with Crippen molar-refractivity contribution in [3.05, 3.63) is 88.5 Å². The predicted octanol–water partition coefficient (Wildman–Crippen LogP) is 6.42. The van der Waals surface area contributed by atoms with Crippen molar-refractivity contribution in [2.45, 2.75) is 13.8 Å². The number of carbonyl (C=O) groups is 1. The number of benzene rings is 3. The normalized spacial score (nSPS) is 11.3. The van der Waals surface area contributed by atoms with Crippen molar-refractivity contribution >= 4 is 40.4 Å². The molecule has 0 aliphatic carbocycles. The largest absolute Gasteiger partial charge is 0.436 e. The highest BCUT2D eigenvalue weighted by molar-refractivity contribution is 6.30. The van der Waals surface area contributed by atoms with Crippen molar-refractivity contribution in [2.75, 3.05) is 5.32 Å². The SMILES string of the molecule is Cc1ccc2oc(-c3ccc(C)c(NC(=O)/C=C/c4ccc(Cl)cc4)c3)nc2c1. The lowest BCUT2D eigenvalue weighted by Gasteiger charge is -2.08. The summed E-state index contributed by atoms with van der Waals surface area (Å²) in [4.78, 5) is 16.9. The number of anilines is 1. The molecule has 3 aromatic carbocycles. The summed E-state index contributed by atoms with van der Waals surface area (Å²) in [5.41, 5.74) is 6.06. The molecule has 1 aromatic heterocycles. The Hall–Kier alpha value is -3.37. The minimum Gasteiger partial charge on any atom is -0.436 e. The van der Waals surface area contributed by atoms with E-state index in [0.29, 0.717) is 16.6 Å². The number of hydrogen-bond acceptors (Lipinski definition) is 3. The van der Waals surface area contributed by atoms with Gasteiger partial charge in [0.25, 0.3) is 0 Å². The third kappa shape index (κ3) is 4.39. The molecule has 0 spiro atoms. The molecule has 5 heteroatoms. The van der Waals surface area contributed by atoms with Gasteiger partial charge in [-0.15, -0.1) is 0 Å². The van der Waals surface area contributed by atoms with E-state index >= 15 is 0 Å². The highest BCUT2D eigenvalue weighted by atomic mass is 35.5. The van der Waals surface area contributed by atoms with Crippen LogP contribution in [0.4, 0.5) is 5.69 Å². The van der Waals surface area contributed by atoms with E-state index in [1.807, 2.05) is 62.4 Å². The monoisotopic (exact) mass is 402 g/mol. The van der Waals surface area contributed by atoms with Gasteiger partial charge in [-0.2, -0.15) is 0 Å². The summed E-state index contributed by atoms with van der Waals surface area (Å²) in [6.07, 6.45) is 3.24. The third-order valence-electron chi connectivity index (χ3n) is 4.58. The van der Waals surface area contributed by atoms with E-state index in [0.717, 1.165) is 33.4 Å². The zero-order valence-electron chi connectivity index (χ0n) is 16.1. The first-order valence-corrected chi connectivity index (χ1v) is 9.58. The highest BCUT2D eigenvalue weighted by Gasteiger charge is 2.11. The fraction of sp³-hybridized carbons (Fsp3) is 0.0833. The number of oxazole rings is 1. The molecule has 0 saturated heterocycles. The lowest BCUT2D eigenvalue weighted by atomic mass is 10.1. The Morgan fingerprint density at radius 1 is 1.03 bits per heavy atom. The summed E-state index contributed by atoms with van der Waals surface area (Å²) < 4.78 is 5.88. The number of aryl methyl sites for hydroxylation is 2. The summed E-state index contributed by atoms with van der Waals surface area (Å²) in [5.74, 6) is 0.311. The quantitative estimate of drug-likeness (QED) is 0.401. The summed E-state index contributed by atoms with van der Waals surface area (Å²) >= 11 is 5.88. The van der Waals surface area contributed by atoms with Gasteiger partial charge in [-0.1, -0.05) is 35.9 Å². The van der Waals surface area contributed by atoms with E-state index in [4.69, 9.17) is 16.0 Å². The number of carbonyl (C=O) groups excluding carboxylic acids is 1. The smallest absolute Gasteiger partial charge is 0.248 e. The van der Waals surface area contributed by atoms with Crippen LogP contribution in [0.3, 0.4) is 0 Å². The zero-order chi connectivity index (χ0) is 20.4. The molecule has 4 rings (SSSR count). The number of halogens is 1. The van der Waals surface area contributed by atoms with Gasteiger partial charge in [-0.05, 0) is 73.0 Å². The predicted molar refractivity (Wildman–Crippen MR) is 118 cm³/mol. The van der Waals surface area contributed by atoms with Gasteiger partial charge in [0.1, 0.15) is 5.52 Å². The van der Waals surface area contributed by atoms with Gasteiger partial charge in [0, 0.05) is 22.3 Å². The van der Waals surface area contributed by atoms with Gasteiger partial charge in [0.15, 0.2) is 5.58 Å². The maximum absolute atomic E-state index is 12.4. The van der Waals surface area contributed by atoms with Crippen LogP contribution in [0.25, 0.3) is 28.6 Å². The van der Waals surface area contributed by atoms with Crippen molar-refractivity contribution in [1.82, 2.24) is 4.98 Å². The van der Waals surface area contributed by atoms with Gasteiger partial charge in [0.05, 0.1) is 0 Å². The van der Waals surface area contributed by atoms with E-state index in [-0.39, 0.29) is 5.91 Å². The van der Waals surface area contributed by atoms with Crippen LogP contribution in [-0.2, 0) is 4.79 Å². The first kappa shape index (κ1) is 19.0. The Bertz CT molecular complexity index is 1220. The van der Waals surface area contributed by atoms with Crippen LogP contribution in [0.5, 0.6) is 0 Å². The molecule has 4 nitrogen and oxygen atoms in total. The second kappa shape index (κ2) is 7.94. The summed E-state index contributed by atoms with van der Waals surface area (Å²) in [7, 11) is 0. The third-order valence-corrected chi connectivity index (χ3v) is 4.83. The average Bonchev–Trinajstić information content (AvgIpc) is 3.12. The van der Waals surface area contributed by atoms with Crippen LogP contribution >= 0.6 is 11.6 Å². The number of amides is 1. The Labute approximate surface area is 173 Å². The number of nitrogens with zero attached hydrogens (tertiary/aromatic N) is 1. The van der Waals surface area contributed by atoms with Crippen LogP contribution in [0, 0.1) is 13.8 Å². The Morgan fingerprint density at radius 3 is 2.62 bits per heavy atom. The van der Waals surface area contributed by atoms with Gasteiger partial charge >= 0.3 is 0 Å². The second-order valence-electron chi connectivity index (χ2n) is 6.89. The average molecular weight is 403 g/mol. The molecule has 0 saturated carbocycles. The van der Waals surface area contributed by atoms with Crippen LogP contribution in [0.1, 0.15) is 16.7 Å². The van der Waals surface area contributed by atoms with E-state index in [2.05, 4.69) is 10.3 Å². The molecule has 0 fully saturated rings. The molecule has 4 aromatic rings. The molecule has 0 aliphatic heterocycles. The molecule has 0 bridgehead atoms. The fourth-order valence-electron chi connectivity index (χ4n) is 2.97. The van der Waals surface area contributed by atoms with Crippen molar-refractivity contribution in [3.8, 4) is 11.5 Å². The first-order valence-electron chi connectivity index (χ1n) is 9.21. The van der Waals surface area contributed by atoms with Gasteiger partial charge in [0.2, 0.25) is 11.8 Å². The first-order chi connectivity index (χ1) is 14.0. The van der Waals surface area contributed by atoms with Gasteiger partial charge < -0.3 is 9.73 Å². The molecule has 144 valence electrons. The Balaban J connectivity index is 1.56. The maximum Gasteiger partial charge on any atom is 0.248 e. The molecule has 29 heavy (non-hydrogen) atoms. The van der Waals surface area contributed by atoms with E-state index in [1.165, 1.54) is 6.08 Å². The summed E-state index contributed by atoms with van der Waals surface area (Å²) in [6, 6.07) is 18.9. The van der Waals surface area contributed by atoms with E-state index in [1.54, 1.807) is 18.2 Å². The van der Waals surface area contributed by atoms with Crippen molar-refractivity contribution in [1.29, 1.82) is 0 Å². The van der Waals surface area contributed by atoms with Crippen molar-refractivity contribution < 1.29 is 9.21 Å². The van der Waals surface area contributed by atoms with Crippen LogP contribution < -0.4 is 5.32 Å². The molecule has 1 heterocycles. The number of nitrogens with one attached hydrogen (secondary N) is 1. The molecular formula is C24H19ClN2O2. The molecule has 1 N–H and O–H groups in total. The van der Waals surface area contributed by atoms with Gasteiger partial charge in [-0.3, -0.25) is 4.79 Å². The van der Waals surface area contributed by atoms with Gasteiger partial charge in [-0.25, -0.2) is 4.98 Å². The minimum absolute atomic E-state index is 0.214. The standard InChI is InChI=1S/C24H19ClN2O2/c1-15-3-11-22-21(13-15)27-24(29-22)18-8-4-16(2)20(14-18)26-23(28)12-7-17-5-9-19(25)10-6-17/h3-14H,1-2H3,(H,26,28)/b12-7+. The van der Waals surface area contributed by atoms with Crippen molar-refractivity contribution in [2.24, 2.45) is 0 Å². The summed E-state index contributed by atoms with van der Waals surface area (Å²) in [5, 5.41) is 3.58. The maximum atomic E-state index is 12.4. The van der Waals surface area contributed by atoms with Crippen LogP contribution in [0.2, 0.25) is 5.02 Å². The molecule has 0 radical (unpaired) electrons. The topological polar surface area (TPSA) is 55.1 Å². The molecular weight excluding hydrogens is 384 g/mol. The van der Waals surface area contributed by atoms with Crippen LogP contribution in [0.15, 0.2) is 71.2 Å². The van der Waals surface area contributed by atoms with E-state index < -0.39 is 0 Å². The lowest BCUT2D eigenvalue weighted by molar-refractivity contribution is -0.111. The highest BCUT2D eigenvalue weighted by Crippen LogP contribution is 2.28.